The highest BCUT2D eigenvalue weighted by Crippen LogP contribution is 2.51. The first-order chi connectivity index (χ1) is 9.16. The standard InChI is InChI=1S/C15H22FO2P/c16-19(17,18-15-11-5-2-6-12-15)13-7-10-14-8-3-1-4-9-14/h1,3-4,8-9,15H,2,5-7,10-13H2/t19-/m0/s1. The third-order valence-corrected chi connectivity index (χ3v) is 5.06. The molecule has 4 heteroatoms. The summed E-state index contributed by atoms with van der Waals surface area (Å²) >= 11 is 0. The second-order valence-corrected chi connectivity index (χ2v) is 7.11. The zero-order valence-corrected chi connectivity index (χ0v) is 12.2. The van der Waals surface area contributed by atoms with Crippen LogP contribution in [0.4, 0.5) is 4.20 Å². The maximum atomic E-state index is 13.9. The Kier molecular flexibility index (Phi) is 5.59. The molecule has 0 saturated heterocycles. The second kappa shape index (κ2) is 7.21. The van der Waals surface area contributed by atoms with Crippen LogP contribution in [0.2, 0.25) is 0 Å². The fourth-order valence-electron chi connectivity index (χ4n) is 2.56. The van der Waals surface area contributed by atoms with Crippen LogP contribution in [0.5, 0.6) is 0 Å². The predicted molar refractivity (Wildman–Crippen MR) is 76.3 cm³/mol. The van der Waals surface area contributed by atoms with Crippen LogP contribution in [-0.2, 0) is 15.5 Å². The summed E-state index contributed by atoms with van der Waals surface area (Å²) in [7, 11) is -3.90. The van der Waals surface area contributed by atoms with Gasteiger partial charge in [0.25, 0.3) is 0 Å². The Hall–Kier alpha value is -0.660. The summed E-state index contributed by atoms with van der Waals surface area (Å²) in [5, 5.41) is 0. The smallest absolute Gasteiger partial charge is 0.302 e. The van der Waals surface area contributed by atoms with Crippen molar-refractivity contribution in [1.82, 2.24) is 0 Å². The van der Waals surface area contributed by atoms with E-state index in [0.29, 0.717) is 6.42 Å². The molecule has 1 aliphatic rings. The largest absolute Gasteiger partial charge is 0.367 e. The molecule has 19 heavy (non-hydrogen) atoms. The Balaban J connectivity index is 1.72. The highest BCUT2D eigenvalue weighted by molar-refractivity contribution is 7.53. The number of aryl methyl sites for hydroxylation is 1. The van der Waals surface area contributed by atoms with Crippen molar-refractivity contribution in [2.24, 2.45) is 0 Å². The predicted octanol–water partition coefficient (Wildman–Crippen LogP) is 5.13. The number of rotatable bonds is 6. The molecule has 1 saturated carbocycles. The van der Waals surface area contributed by atoms with Crippen LogP contribution < -0.4 is 0 Å². The van der Waals surface area contributed by atoms with E-state index in [9.17, 15) is 8.76 Å². The molecule has 0 bridgehead atoms. The summed E-state index contributed by atoms with van der Waals surface area (Å²) < 4.78 is 30.9. The first-order valence-corrected chi connectivity index (χ1v) is 8.87. The van der Waals surface area contributed by atoms with E-state index in [-0.39, 0.29) is 12.3 Å². The van der Waals surface area contributed by atoms with Gasteiger partial charge in [-0.25, -0.2) is 0 Å². The number of hydrogen-bond acceptors (Lipinski definition) is 2. The van der Waals surface area contributed by atoms with Crippen molar-refractivity contribution in [2.45, 2.75) is 51.0 Å². The molecular formula is C15H22FO2P. The second-order valence-electron chi connectivity index (χ2n) is 5.27. The van der Waals surface area contributed by atoms with Gasteiger partial charge in [0.1, 0.15) is 0 Å². The Bertz CT molecular complexity index is 415. The van der Waals surface area contributed by atoms with Gasteiger partial charge < -0.3 is 4.52 Å². The van der Waals surface area contributed by atoms with E-state index >= 15 is 0 Å². The topological polar surface area (TPSA) is 26.3 Å². The van der Waals surface area contributed by atoms with Crippen LogP contribution in [0, 0.1) is 0 Å². The number of halogens is 1. The van der Waals surface area contributed by atoms with Gasteiger partial charge in [0.15, 0.2) is 0 Å². The zero-order chi connectivity index (χ0) is 13.6. The maximum Gasteiger partial charge on any atom is 0.367 e. The minimum Gasteiger partial charge on any atom is -0.302 e. The lowest BCUT2D eigenvalue weighted by molar-refractivity contribution is 0.146. The highest BCUT2D eigenvalue weighted by atomic mass is 31.2. The lowest BCUT2D eigenvalue weighted by Gasteiger charge is -2.23. The summed E-state index contributed by atoms with van der Waals surface area (Å²) in [5.74, 6) is 0. The van der Waals surface area contributed by atoms with Crippen molar-refractivity contribution in [2.75, 3.05) is 6.16 Å². The molecule has 2 rings (SSSR count). The van der Waals surface area contributed by atoms with Gasteiger partial charge in [-0.05, 0) is 31.2 Å². The Morgan fingerprint density at radius 2 is 1.84 bits per heavy atom. The van der Waals surface area contributed by atoms with Crippen molar-refractivity contribution in [3.63, 3.8) is 0 Å². The van der Waals surface area contributed by atoms with Crippen LogP contribution in [0.15, 0.2) is 30.3 Å². The maximum absolute atomic E-state index is 13.9. The lowest BCUT2D eigenvalue weighted by Crippen LogP contribution is -2.15. The van der Waals surface area contributed by atoms with E-state index in [2.05, 4.69) is 0 Å². The molecule has 0 unspecified atom stereocenters. The summed E-state index contributed by atoms with van der Waals surface area (Å²) in [6.45, 7) is 0. The molecule has 0 heterocycles. The fourth-order valence-corrected chi connectivity index (χ4v) is 3.86. The van der Waals surface area contributed by atoms with Crippen molar-refractivity contribution in [3.8, 4) is 0 Å². The van der Waals surface area contributed by atoms with Gasteiger partial charge in [0, 0.05) is 0 Å². The van der Waals surface area contributed by atoms with Gasteiger partial charge in [-0.15, -0.1) is 0 Å². The van der Waals surface area contributed by atoms with Gasteiger partial charge >= 0.3 is 7.68 Å². The fraction of sp³-hybridized carbons (Fsp3) is 0.600. The highest BCUT2D eigenvalue weighted by Gasteiger charge is 2.27. The van der Waals surface area contributed by atoms with Gasteiger partial charge in [-0.2, -0.15) is 4.20 Å². The minimum atomic E-state index is -3.90. The molecule has 0 aliphatic heterocycles. The lowest BCUT2D eigenvalue weighted by atomic mass is 9.98. The van der Waals surface area contributed by atoms with Gasteiger partial charge in [-0.3, -0.25) is 4.57 Å². The quantitative estimate of drug-likeness (QED) is 0.677. The molecule has 1 aromatic carbocycles. The summed E-state index contributed by atoms with van der Waals surface area (Å²) in [6, 6.07) is 9.89. The monoisotopic (exact) mass is 284 g/mol. The summed E-state index contributed by atoms with van der Waals surface area (Å²) in [4.78, 5) is 0. The molecule has 0 spiro atoms. The molecule has 2 nitrogen and oxygen atoms in total. The molecule has 0 aromatic heterocycles. The summed E-state index contributed by atoms with van der Waals surface area (Å²) in [5.41, 5.74) is 1.15. The zero-order valence-electron chi connectivity index (χ0n) is 11.3. The van der Waals surface area contributed by atoms with Crippen molar-refractivity contribution < 1.29 is 13.3 Å². The van der Waals surface area contributed by atoms with E-state index in [1.165, 1.54) is 6.42 Å². The number of hydrogen-bond donors (Lipinski definition) is 0. The molecular weight excluding hydrogens is 262 g/mol. The van der Waals surface area contributed by atoms with Crippen LogP contribution in [0.25, 0.3) is 0 Å². The van der Waals surface area contributed by atoms with E-state index in [1.54, 1.807) is 0 Å². The summed E-state index contributed by atoms with van der Waals surface area (Å²) in [6.07, 6.45) is 6.26. The van der Waals surface area contributed by atoms with Gasteiger partial charge in [0.2, 0.25) is 0 Å². The van der Waals surface area contributed by atoms with Gasteiger partial charge in [0.05, 0.1) is 12.3 Å². The van der Waals surface area contributed by atoms with Gasteiger partial charge in [-0.1, -0.05) is 49.6 Å². The normalized spacial score (nSPS) is 20.1. The molecule has 1 atom stereocenters. The van der Waals surface area contributed by atoms with Crippen LogP contribution in [0.1, 0.15) is 44.1 Å². The average Bonchev–Trinajstić information content (AvgIpc) is 2.40. The number of benzene rings is 1. The van der Waals surface area contributed by atoms with Crippen molar-refractivity contribution in [3.05, 3.63) is 35.9 Å². The molecule has 1 aromatic rings. The van der Waals surface area contributed by atoms with Crippen LogP contribution in [0.3, 0.4) is 0 Å². The SMILES string of the molecule is O=[P@@](F)(CCCc1ccccc1)OC1CCCCC1. The molecule has 1 aliphatic carbocycles. The van der Waals surface area contributed by atoms with Crippen LogP contribution in [-0.4, -0.2) is 12.3 Å². The molecule has 0 radical (unpaired) electrons. The third kappa shape index (κ3) is 5.46. The molecule has 0 amide bonds. The molecule has 0 N–H and O–H groups in total. The van der Waals surface area contributed by atoms with E-state index in [0.717, 1.165) is 37.7 Å². The van der Waals surface area contributed by atoms with E-state index in [4.69, 9.17) is 4.52 Å². The van der Waals surface area contributed by atoms with E-state index in [1.807, 2.05) is 30.3 Å². The first-order valence-electron chi connectivity index (χ1n) is 7.17. The average molecular weight is 284 g/mol. The third-order valence-electron chi connectivity index (χ3n) is 3.59. The Morgan fingerprint density at radius 3 is 2.53 bits per heavy atom. The van der Waals surface area contributed by atoms with Crippen molar-refractivity contribution in [1.29, 1.82) is 0 Å². The molecule has 106 valence electrons. The van der Waals surface area contributed by atoms with E-state index < -0.39 is 7.68 Å². The minimum absolute atomic E-state index is 0.0401. The first kappa shape index (κ1) is 14.7. The Labute approximate surface area is 114 Å². The molecule has 1 fully saturated rings. The Morgan fingerprint density at radius 1 is 1.16 bits per heavy atom. The van der Waals surface area contributed by atoms with Crippen molar-refractivity contribution >= 4 is 7.68 Å². The van der Waals surface area contributed by atoms with Crippen LogP contribution >= 0.6 is 7.68 Å².